The highest BCUT2D eigenvalue weighted by atomic mass is 14.7. The molecule has 1 aromatic rings. The minimum absolute atomic E-state index is 1.55. The first-order valence-corrected chi connectivity index (χ1v) is 1.55. The first-order chi connectivity index (χ1) is 3.00. The molecule has 2 heteroatoms. The zero-order valence-corrected chi connectivity index (χ0v) is 3.05. The fourth-order valence-corrected chi connectivity index (χ4v) is 0.199. The lowest BCUT2D eigenvalue weighted by Gasteiger charge is -1.60. The predicted octanol–water partition coefficient (Wildman–Crippen LogP) is 0.0770. The average Bonchev–Trinajstić information content (AvgIpc) is 1.72. The summed E-state index contributed by atoms with van der Waals surface area (Å²) in [7, 11) is 0. The van der Waals surface area contributed by atoms with Crippen molar-refractivity contribution in [3.05, 3.63) is 24.8 Å². The Kier molecular flexibility index (Phi) is 0.707. The van der Waals surface area contributed by atoms with Crippen molar-refractivity contribution >= 4 is 0 Å². The van der Waals surface area contributed by atoms with Gasteiger partial charge < -0.3 is 0 Å². The van der Waals surface area contributed by atoms with Crippen molar-refractivity contribution in [3.63, 3.8) is 0 Å². The summed E-state index contributed by atoms with van der Waals surface area (Å²) in [4.78, 5) is 7.08. The van der Waals surface area contributed by atoms with E-state index in [9.17, 15) is 0 Å². The van der Waals surface area contributed by atoms with Crippen molar-refractivity contribution in [1.29, 1.82) is 0 Å². The highest BCUT2D eigenvalue weighted by molar-refractivity contribution is 4.60. The maximum Gasteiger partial charge on any atom is 0.0594 e. The second-order valence-corrected chi connectivity index (χ2v) is 0.780. The van der Waals surface area contributed by atoms with Crippen molar-refractivity contribution in [2.75, 3.05) is 0 Å². The standard InChI is InChI=1S/C4H2N2/c1-2-6-4-3-5-1/h1-2H. The van der Waals surface area contributed by atoms with Crippen LogP contribution >= 0.6 is 0 Å². The predicted molar refractivity (Wildman–Crippen MR) is 19.7 cm³/mol. The van der Waals surface area contributed by atoms with E-state index >= 15 is 0 Å². The molecule has 0 aromatic carbocycles. The minimum Gasteiger partial charge on any atom is -0.203 e. The Bertz CT molecular complexity index is 77.5. The molecule has 1 aromatic heterocycles. The lowest BCUT2D eigenvalue weighted by atomic mass is 10.9. The molecule has 1 rings (SSSR count). The van der Waals surface area contributed by atoms with Crippen molar-refractivity contribution in [3.8, 4) is 0 Å². The maximum absolute atomic E-state index is 3.54. The van der Waals surface area contributed by atoms with E-state index in [4.69, 9.17) is 0 Å². The molecule has 0 aliphatic carbocycles. The maximum atomic E-state index is 3.54. The molecule has 0 bridgehead atoms. The Morgan fingerprint density at radius 2 is 1.50 bits per heavy atom. The van der Waals surface area contributed by atoms with Gasteiger partial charge in [0.2, 0.25) is 0 Å². The molecule has 28 valence electrons. The first-order valence-electron chi connectivity index (χ1n) is 1.55. The number of hydrogen-bond donors (Lipinski definition) is 0. The van der Waals surface area contributed by atoms with E-state index in [1.54, 1.807) is 12.4 Å². The van der Waals surface area contributed by atoms with Gasteiger partial charge in [-0.15, -0.1) is 0 Å². The van der Waals surface area contributed by atoms with Crippen LogP contribution in [-0.4, -0.2) is 9.97 Å². The van der Waals surface area contributed by atoms with E-state index < -0.39 is 0 Å². The second kappa shape index (κ2) is 1.37. The minimum atomic E-state index is 1.55. The van der Waals surface area contributed by atoms with E-state index in [2.05, 4.69) is 22.4 Å². The molecule has 0 aliphatic rings. The van der Waals surface area contributed by atoms with Crippen LogP contribution in [0.3, 0.4) is 0 Å². The first kappa shape index (κ1) is 3.10. The van der Waals surface area contributed by atoms with Gasteiger partial charge in [-0.1, -0.05) is 0 Å². The Hall–Kier alpha value is -1.10. The van der Waals surface area contributed by atoms with Gasteiger partial charge in [-0.2, -0.15) is 0 Å². The number of nitrogens with zero attached hydrogens (tertiary/aromatic N) is 2. The average molecular weight is 78.1 g/mol. The fraction of sp³-hybridized carbons (Fsp3) is 0. The molecule has 0 saturated heterocycles. The molecule has 0 N–H and O–H groups in total. The highest BCUT2D eigenvalue weighted by Gasteiger charge is 1.54. The summed E-state index contributed by atoms with van der Waals surface area (Å²) in [5, 5.41) is 0. The second-order valence-electron chi connectivity index (χ2n) is 0.780. The third kappa shape index (κ3) is 0.436. The van der Waals surface area contributed by atoms with Gasteiger partial charge in [0, 0.05) is 0 Å². The van der Waals surface area contributed by atoms with Crippen LogP contribution in [0.5, 0.6) is 0 Å². The van der Waals surface area contributed by atoms with Crippen molar-refractivity contribution < 1.29 is 0 Å². The van der Waals surface area contributed by atoms with E-state index in [0.29, 0.717) is 0 Å². The van der Waals surface area contributed by atoms with Crippen molar-refractivity contribution in [2.24, 2.45) is 0 Å². The van der Waals surface area contributed by atoms with Crippen LogP contribution in [0.15, 0.2) is 12.4 Å². The smallest absolute Gasteiger partial charge is 0.0594 e. The number of aromatic nitrogens is 2. The number of rotatable bonds is 0. The Morgan fingerprint density at radius 1 is 1.00 bits per heavy atom. The highest BCUT2D eigenvalue weighted by Crippen LogP contribution is 1.56. The lowest BCUT2D eigenvalue weighted by molar-refractivity contribution is 1.23. The molecule has 0 atom stereocenters. The van der Waals surface area contributed by atoms with Gasteiger partial charge in [-0.05, 0) is 0 Å². The summed E-state index contributed by atoms with van der Waals surface area (Å²) in [6.07, 6.45) is 7.92. The summed E-state index contributed by atoms with van der Waals surface area (Å²) < 4.78 is 0. The molecule has 0 saturated carbocycles. The quantitative estimate of drug-likeness (QED) is 0.439. The van der Waals surface area contributed by atoms with Crippen LogP contribution in [0.4, 0.5) is 0 Å². The van der Waals surface area contributed by atoms with Crippen molar-refractivity contribution in [1.82, 2.24) is 9.97 Å². The van der Waals surface area contributed by atoms with Crippen LogP contribution in [0.2, 0.25) is 0 Å². The van der Waals surface area contributed by atoms with E-state index in [1.807, 2.05) is 0 Å². The van der Waals surface area contributed by atoms with E-state index in [0.717, 1.165) is 0 Å². The SMILES string of the molecule is c1nccnc#1. The van der Waals surface area contributed by atoms with Gasteiger partial charge in [0.1, 0.15) is 0 Å². The summed E-state index contributed by atoms with van der Waals surface area (Å²) in [5.41, 5.74) is 0. The molecule has 1 heterocycles. The van der Waals surface area contributed by atoms with Crippen LogP contribution in [0.1, 0.15) is 0 Å². The van der Waals surface area contributed by atoms with Crippen molar-refractivity contribution in [2.45, 2.75) is 0 Å². The molecule has 0 unspecified atom stereocenters. The molecule has 2 nitrogen and oxygen atoms in total. The van der Waals surface area contributed by atoms with Gasteiger partial charge in [-0.3, -0.25) is 0 Å². The molecule has 0 fully saturated rings. The summed E-state index contributed by atoms with van der Waals surface area (Å²) in [6, 6.07) is 0. The molecule has 0 amide bonds. The molecule has 0 aliphatic heterocycles. The third-order valence-corrected chi connectivity index (χ3v) is 0.395. The molecular weight excluding hydrogens is 76.1 g/mol. The van der Waals surface area contributed by atoms with Gasteiger partial charge in [0.15, 0.2) is 0 Å². The fourth-order valence-electron chi connectivity index (χ4n) is 0.199. The van der Waals surface area contributed by atoms with Crippen LogP contribution in [0, 0.1) is 12.4 Å². The molecule has 0 radical (unpaired) electrons. The Labute approximate surface area is 35.9 Å². The van der Waals surface area contributed by atoms with Gasteiger partial charge in [-0.25, -0.2) is 9.97 Å². The summed E-state index contributed by atoms with van der Waals surface area (Å²) in [5.74, 6) is 0. The van der Waals surface area contributed by atoms with E-state index in [1.165, 1.54) is 0 Å². The topological polar surface area (TPSA) is 25.8 Å². The van der Waals surface area contributed by atoms with Gasteiger partial charge >= 0.3 is 0 Å². The lowest BCUT2D eigenvalue weighted by Crippen LogP contribution is -1.61. The molecular formula is C4H2N2. The summed E-state index contributed by atoms with van der Waals surface area (Å²) >= 11 is 0. The number of hydrogen-bond acceptors (Lipinski definition) is 2. The Balaban J connectivity index is 3.00. The zero-order valence-electron chi connectivity index (χ0n) is 3.05. The van der Waals surface area contributed by atoms with Gasteiger partial charge in [0.05, 0.1) is 24.8 Å². The molecule has 6 heavy (non-hydrogen) atoms. The largest absolute Gasteiger partial charge is 0.203 e. The Morgan fingerprint density at radius 3 is 1.67 bits per heavy atom. The van der Waals surface area contributed by atoms with Gasteiger partial charge in [0.25, 0.3) is 0 Å². The monoisotopic (exact) mass is 78.0 g/mol. The zero-order chi connectivity index (χ0) is 4.24. The van der Waals surface area contributed by atoms with E-state index in [-0.39, 0.29) is 0 Å². The van der Waals surface area contributed by atoms with Crippen LogP contribution in [0.25, 0.3) is 0 Å². The normalized spacial score (nSPS) is 6.67. The summed E-state index contributed by atoms with van der Waals surface area (Å²) in [6.45, 7) is 0. The third-order valence-electron chi connectivity index (χ3n) is 0.395. The van der Waals surface area contributed by atoms with Crippen LogP contribution in [-0.2, 0) is 0 Å². The van der Waals surface area contributed by atoms with Crippen LogP contribution < -0.4 is 0 Å². The molecule has 0 spiro atoms.